The van der Waals surface area contributed by atoms with E-state index in [-0.39, 0.29) is 11.5 Å². The van der Waals surface area contributed by atoms with Gasteiger partial charge in [-0.15, -0.1) is 0 Å². The Morgan fingerprint density at radius 3 is 2.68 bits per heavy atom. The molecular formula is C17H22BrNO3. The molecule has 120 valence electrons. The van der Waals surface area contributed by atoms with E-state index in [1.165, 1.54) is 0 Å². The third-order valence-corrected chi connectivity index (χ3v) is 3.90. The van der Waals surface area contributed by atoms with E-state index in [1.807, 2.05) is 56.7 Å². The number of benzene rings is 1. The molecule has 1 saturated heterocycles. The summed E-state index contributed by atoms with van der Waals surface area (Å²) in [6.07, 6.45) is 1.81. The maximum absolute atomic E-state index is 11.9. The molecule has 4 nitrogen and oxygen atoms in total. The lowest BCUT2D eigenvalue weighted by atomic mass is 10.2. The van der Waals surface area contributed by atoms with Gasteiger partial charge in [0.2, 0.25) is 0 Å². The molecule has 0 N–H and O–H groups in total. The minimum absolute atomic E-state index is 0.00492. The van der Waals surface area contributed by atoms with Gasteiger partial charge in [-0.25, -0.2) is 0 Å². The normalized spacial score (nSPS) is 19.8. The summed E-state index contributed by atoms with van der Waals surface area (Å²) < 4.78 is 14.4. The van der Waals surface area contributed by atoms with Gasteiger partial charge in [0.25, 0.3) is 0 Å². The van der Waals surface area contributed by atoms with Crippen molar-refractivity contribution in [1.29, 1.82) is 0 Å². The smallest absolute Gasteiger partial charge is 0.189 e. The first kappa shape index (κ1) is 17.2. The van der Waals surface area contributed by atoms with Crippen LogP contribution < -0.4 is 5.43 Å². The maximum atomic E-state index is 11.9. The highest BCUT2D eigenvalue weighted by atomic mass is 79.9. The SMILES string of the molecule is CC.CC1(C)OCC(Cn2ccc(=O)c3ccc(Br)cc32)O1. The van der Waals surface area contributed by atoms with Gasteiger partial charge >= 0.3 is 0 Å². The number of aromatic nitrogens is 1. The van der Waals surface area contributed by atoms with E-state index in [2.05, 4.69) is 15.9 Å². The van der Waals surface area contributed by atoms with Crippen LogP contribution in [0.4, 0.5) is 0 Å². The number of pyridine rings is 1. The molecule has 0 amide bonds. The van der Waals surface area contributed by atoms with Crippen LogP contribution in [0, 0.1) is 0 Å². The van der Waals surface area contributed by atoms with Crippen LogP contribution in [0.15, 0.2) is 39.7 Å². The summed E-state index contributed by atoms with van der Waals surface area (Å²) >= 11 is 3.45. The Balaban J connectivity index is 0.000000847. The summed E-state index contributed by atoms with van der Waals surface area (Å²) in [4.78, 5) is 11.9. The zero-order valence-electron chi connectivity index (χ0n) is 13.4. The maximum Gasteiger partial charge on any atom is 0.189 e. The third kappa shape index (κ3) is 3.77. The average Bonchev–Trinajstić information content (AvgIpc) is 2.83. The van der Waals surface area contributed by atoms with Gasteiger partial charge in [-0.2, -0.15) is 0 Å². The Hall–Kier alpha value is -1.17. The standard InChI is InChI=1S/C15H16BrNO3.C2H6/c1-15(2)19-9-11(20-15)8-17-6-5-14(18)12-4-3-10(16)7-13(12)17;1-2/h3-7,11H,8-9H2,1-2H3;1-2H3. The summed E-state index contributed by atoms with van der Waals surface area (Å²) in [5, 5.41) is 0.717. The molecular weight excluding hydrogens is 346 g/mol. The van der Waals surface area contributed by atoms with Crippen LogP contribution in [0.5, 0.6) is 0 Å². The van der Waals surface area contributed by atoms with E-state index >= 15 is 0 Å². The quantitative estimate of drug-likeness (QED) is 0.806. The number of nitrogens with zero attached hydrogens (tertiary/aromatic N) is 1. The van der Waals surface area contributed by atoms with Gasteiger partial charge in [0.05, 0.1) is 18.7 Å². The fourth-order valence-electron chi connectivity index (χ4n) is 2.51. The molecule has 5 heteroatoms. The van der Waals surface area contributed by atoms with Gasteiger partial charge in [0.1, 0.15) is 6.10 Å². The lowest BCUT2D eigenvalue weighted by Gasteiger charge is -2.18. The lowest BCUT2D eigenvalue weighted by Crippen LogP contribution is -2.24. The fourth-order valence-corrected chi connectivity index (χ4v) is 2.86. The largest absolute Gasteiger partial charge is 0.348 e. The first-order chi connectivity index (χ1) is 10.4. The molecule has 0 radical (unpaired) electrons. The second kappa shape index (κ2) is 6.94. The van der Waals surface area contributed by atoms with Gasteiger partial charge in [0, 0.05) is 22.1 Å². The minimum atomic E-state index is -0.528. The zero-order valence-corrected chi connectivity index (χ0v) is 15.0. The van der Waals surface area contributed by atoms with E-state index in [9.17, 15) is 4.79 Å². The van der Waals surface area contributed by atoms with Crippen molar-refractivity contribution in [1.82, 2.24) is 4.57 Å². The van der Waals surface area contributed by atoms with Gasteiger partial charge in [-0.3, -0.25) is 4.79 Å². The Morgan fingerprint density at radius 1 is 1.32 bits per heavy atom. The average molecular weight is 368 g/mol. The van der Waals surface area contributed by atoms with E-state index in [0.717, 1.165) is 9.99 Å². The molecule has 2 aromatic rings. The Kier molecular flexibility index (Phi) is 5.42. The van der Waals surface area contributed by atoms with Gasteiger partial charge in [0.15, 0.2) is 11.2 Å². The van der Waals surface area contributed by atoms with E-state index in [4.69, 9.17) is 9.47 Å². The molecule has 0 spiro atoms. The zero-order chi connectivity index (χ0) is 16.3. The fraction of sp³-hybridized carbons (Fsp3) is 0.471. The summed E-state index contributed by atoms with van der Waals surface area (Å²) in [5.41, 5.74) is 0.938. The first-order valence-electron chi connectivity index (χ1n) is 7.55. The Bertz CT molecular complexity index is 709. The molecule has 1 unspecified atom stereocenters. The monoisotopic (exact) mass is 367 g/mol. The van der Waals surface area contributed by atoms with Crippen molar-refractivity contribution >= 4 is 26.8 Å². The molecule has 0 aliphatic carbocycles. The first-order valence-corrected chi connectivity index (χ1v) is 8.34. The summed E-state index contributed by atoms with van der Waals surface area (Å²) in [7, 11) is 0. The van der Waals surface area contributed by atoms with Gasteiger partial charge < -0.3 is 14.0 Å². The number of fused-ring (bicyclic) bond motifs is 1. The van der Waals surface area contributed by atoms with Crippen molar-refractivity contribution in [3.8, 4) is 0 Å². The van der Waals surface area contributed by atoms with Crippen LogP contribution in [-0.4, -0.2) is 23.1 Å². The summed E-state index contributed by atoms with van der Waals surface area (Å²) in [5.74, 6) is -0.528. The van der Waals surface area contributed by atoms with Crippen LogP contribution >= 0.6 is 15.9 Å². The predicted molar refractivity (Wildman–Crippen MR) is 92.2 cm³/mol. The van der Waals surface area contributed by atoms with Gasteiger partial charge in [-0.1, -0.05) is 29.8 Å². The molecule has 1 atom stereocenters. The Labute approximate surface area is 139 Å². The van der Waals surface area contributed by atoms with E-state index < -0.39 is 5.79 Å². The number of rotatable bonds is 2. The molecule has 1 aromatic carbocycles. The van der Waals surface area contributed by atoms with Crippen molar-refractivity contribution in [3.05, 3.63) is 45.2 Å². The molecule has 2 heterocycles. The molecule has 0 saturated carbocycles. The van der Waals surface area contributed by atoms with Crippen molar-refractivity contribution in [2.24, 2.45) is 0 Å². The minimum Gasteiger partial charge on any atom is -0.348 e. The van der Waals surface area contributed by atoms with Crippen LogP contribution in [-0.2, 0) is 16.0 Å². The molecule has 1 aromatic heterocycles. The number of hydrogen-bond acceptors (Lipinski definition) is 3. The van der Waals surface area contributed by atoms with Crippen LogP contribution in [0.25, 0.3) is 10.9 Å². The molecule has 1 aliphatic heterocycles. The molecule has 1 fully saturated rings. The van der Waals surface area contributed by atoms with Crippen molar-refractivity contribution in [2.75, 3.05) is 6.61 Å². The highest BCUT2D eigenvalue weighted by molar-refractivity contribution is 9.10. The van der Waals surface area contributed by atoms with Crippen LogP contribution in [0.1, 0.15) is 27.7 Å². The van der Waals surface area contributed by atoms with Gasteiger partial charge in [-0.05, 0) is 32.0 Å². The highest BCUT2D eigenvalue weighted by Gasteiger charge is 2.32. The van der Waals surface area contributed by atoms with E-state index in [1.54, 1.807) is 6.07 Å². The molecule has 3 rings (SSSR count). The summed E-state index contributed by atoms with van der Waals surface area (Å²) in [6, 6.07) is 7.27. The van der Waals surface area contributed by atoms with Crippen molar-refractivity contribution in [2.45, 2.75) is 46.1 Å². The molecule has 1 aliphatic rings. The lowest BCUT2D eigenvalue weighted by molar-refractivity contribution is -0.139. The number of hydrogen-bond donors (Lipinski definition) is 0. The van der Waals surface area contributed by atoms with Crippen LogP contribution in [0.3, 0.4) is 0 Å². The predicted octanol–water partition coefficient (Wildman–Crippen LogP) is 3.94. The van der Waals surface area contributed by atoms with Crippen LogP contribution in [0.2, 0.25) is 0 Å². The van der Waals surface area contributed by atoms with E-state index in [0.29, 0.717) is 18.5 Å². The second-order valence-corrected chi connectivity index (χ2v) is 6.36. The Morgan fingerprint density at radius 2 is 2.05 bits per heavy atom. The summed E-state index contributed by atoms with van der Waals surface area (Å²) in [6.45, 7) is 9.05. The number of halogens is 1. The molecule has 0 bridgehead atoms. The highest BCUT2D eigenvalue weighted by Crippen LogP contribution is 2.24. The van der Waals surface area contributed by atoms with Crippen molar-refractivity contribution in [3.63, 3.8) is 0 Å². The topological polar surface area (TPSA) is 40.5 Å². The second-order valence-electron chi connectivity index (χ2n) is 5.44. The third-order valence-electron chi connectivity index (χ3n) is 3.41. The van der Waals surface area contributed by atoms with Crippen molar-refractivity contribution < 1.29 is 9.47 Å². The molecule has 22 heavy (non-hydrogen) atoms. The number of ether oxygens (including phenoxy) is 2.